The van der Waals surface area contributed by atoms with Gasteiger partial charge in [0.2, 0.25) is 5.91 Å². The molecule has 1 fully saturated rings. The van der Waals surface area contributed by atoms with Gasteiger partial charge in [-0.25, -0.2) is 4.98 Å². The highest BCUT2D eigenvalue weighted by Crippen LogP contribution is 2.21. The van der Waals surface area contributed by atoms with Crippen LogP contribution in [0.1, 0.15) is 23.2 Å². The third-order valence-electron chi connectivity index (χ3n) is 6.08. The van der Waals surface area contributed by atoms with Crippen LogP contribution in [0.4, 0.5) is 5.69 Å². The van der Waals surface area contributed by atoms with E-state index in [0.717, 1.165) is 40.9 Å². The van der Waals surface area contributed by atoms with Gasteiger partial charge in [0.05, 0.1) is 11.0 Å². The molecule has 0 aliphatic carbocycles. The number of nitrogens with zero attached hydrogens (tertiary/aromatic N) is 4. The second-order valence-corrected chi connectivity index (χ2v) is 8.61. The van der Waals surface area contributed by atoms with E-state index in [9.17, 15) is 9.59 Å². The molecular formula is C24H27ClN4O2. The zero-order chi connectivity index (χ0) is 22.1. The number of anilines is 1. The Morgan fingerprint density at radius 1 is 1.03 bits per heavy atom. The molecule has 2 aromatic carbocycles. The van der Waals surface area contributed by atoms with Crippen molar-refractivity contribution in [1.82, 2.24) is 14.5 Å². The van der Waals surface area contributed by atoms with Gasteiger partial charge in [-0.2, -0.15) is 0 Å². The fourth-order valence-electron chi connectivity index (χ4n) is 4.10. The summed E-state index contributed by atoms with van der Waals surface area (Å²) in [6, 6.07) is 11.8. The lowest BCUT2D eigenvalue weighted by atomic mass is 10.1. The first-order valence-electron chi connectivity index (χ1n) is 10.6. The van der Waals surface area contributed by atoms with E-state index in [4.69, 9.17) is 11.6 Å². The minimum absolute atomic E-state index is 0.0732. The van der Waals surface area contributed by atoms with E-state index >= 15 is 0 Å². The number of hydrogen-bond donors (Lipinski definition) is 0. The molecule has 31 heavy (non-hydrogen) atoms. The number of fused-ring (bicyclic) bond motifs is 1. The van der Waals surface area contributed by atoms with Crippen molar-refractivity contribution in [2.45, 2.75) is 33.7 Å². The Morgan fingerprint density at radius 3 is 2.45 bits per heavy atom. The van der Waals surface area contributed by atoms with E-state index < -0.39 is 0 Å². The highest BCUT2D eigenvalue weighted by atomic mass is 35.5. The van der Waals surface area contributed by atoms with Gasteiger partial charge in [-0.15, -0.1) is 0 Å². The zero-order valence-electron chi connectivity index (χ0n) is 18.2. The first kappa shape index (κ1) is 21.4. The summed E-state index contributed by atoms with van der Waals surface area (Å²) < 4.78 is 1.70. The van der Waals surface area contributed by atoms with Crippen LogP contribution in [-0.4, -0.2) is 46.5 Å². The smallest absolute Gasteiger partial charge is 0.272 e. The Labute approximate surface area is 187 Å². The van der Waals surface area contributed by atoms with Gasteiger partial charge in [-0.1, -0.05) is 17.7 Å². The average molecular weight is 439 g/mol. The van der Waals surface area contributed by atoms with Gasteiger partial charge in [0, 0.05) is 49.9 Å². The van der Waals surface area contributed by atoms with Crippen LogP contribution in [-0.2, 0) is 11.3 Å². The Balaban J connectivity index is 1.45. The maximum Gasteiger partial charge on any atom is 0.272 e. The Kier molecular flexibility index (Phi) is 6.01. The second kappa shape index (κ2) is 8.71. The number of aryl methyl sites for hydroxylation is 4. The van der Waals surface area contributed by atoms with Crippen molar-refractivity contribution in [1.29, 1.82) is 0 Å². The van der Waals surface area contributed by atoms with Crippen molar-refractivity contribution in [3.05, 3.63) is 68.6 Å². The lowest BCUT2D eigenvalue weighted by molar-refractivity contribution is -0.131. The Morgan fingerprint density at radius 2 is 1.74 bits per heavy atom. The molecule has 7 heteroatoms. The summed E-state index contributed by atoms with van der Waals surface area (Å²) in [5.74, 6) is 0.0732. The minimum Gasteiger partial charge on any atom is -0.368 e. The van der Waals surface area contributed by atoms with Crippen molar-refractivity contribution in [3.63, 3.8) is 0 Å². The molecule has 0 spiro atoms. The molecule has 0 atom stereocenters. The quantitative estimate of drug-likeness (QED) is 0.623. The topological polar surface area (TPSA) is 58.4 Å². The van der Waals surface area contributed by atoms with Crippen LogP contribution in [0.5, 0.6) is 0 Å². The highest BCUT2D eigenvalue weighted by molar-refractivity contribution is 6.30. The van der Waals surface area contributed by atoms with Crippen molar-refractivity contribution in [3.8, 4) is 0 Å². The molecule has 1 aromatic heterocycles. The molecule has 4 rings (SSSR count). The predicted molar refractivity (Wildman–Crippen MR) is 125 cm³/mol. The number of aromatic nitrogens is 2. The van der Waals surface area contributed by atoms with E-state index in [-0.39, 0.29) is 11.5 Å². The third kappa shape index (κ3) is 4.44. The number of benzene rings is 2. The first-order chi connectivity index (χ1) is 14.8. The maximum absolute atomic E-state index is 12.9. The van der Waals surface area contributed by atoms with Crippen molar-refractivity contribution < 1.29 is 4.79 Å². The molecule has 162 valence electrons. The number of rotatable bonds is 4. The normalized spacial score (nSPS) is 14.3. The van der Waals surface area contributed by atoms with Crippen molar-refractivity contribution >= 4 is 34.2 Å². The predicted octanol–water partition coefficient (Wildman–Crippen LogP) is 3.71. The SMILES string of the molecule is Cc1cc2nc(C)c(=O)n(CCC(=O)N3CCN(c4cccc(Cl)c4)CC3)c2cc1C. The van der Waals surface area contributed by atoms with Gasteiger partial charge in [0.1, 0.15) is 5.69 Å². The fraction of sp³-hybridized carbons (Fsp3) is 0.375. The zero-order valence-corrected chi connectivity index (χ0v) is 18.9. The summed E-state index contributed by atoms with van der Waals surface area (Å²) in [4.78, 5) is 34.2. The number of halogens is 1. The molecule has 3 aromatic rings. The molecule has 0 radical (unpaired) electrons. The van der Waals surface area contributed by atoms with Gasteiger partial charge in [0.15, 0.2) is 0 Å². The average Bonchev–Trinajstić information content (AvgIpc) is 2.76. The monoisotopic (exact) mass is 438 g/mol. The van der Waals surface area contributed by atoms with E-state index in [1.807, 2.05) is 55.1 Å². The largest absolute Gasteiger partial charge is 0.368 e. The lowest BCUT2D eigenvalue weighted by Crippen LogP contribution is -2.49. The van der Waals surface area contributed by atoms with Crippen LogP contribution in [0.25, 0.3) is 11.0 Å². The second-order valence-electron chi connectivity index (χ2n) is 8.18. The summed E-state index contributed by atoms with van der Waals surface area (Å²) >= 11 is 6.10. The van der Waals surface area contributed by atoms with Crippen molar-refractivity contribution in [2.24, 2.45) is 0 Å². The molecule has 6 nitrogen and oxygen atoms in total. The van der Waals surface area contributed by atoms with Crippen LogP contribution in [0.15, 0.2) is 41.2 Å². The number of carbonyl (C=O) groups excluding carboxylic acids is 1. The molecular weight excluding hydrogens is 412 g/mol. The van der Waals surface area contributed by atoms with Crippen LogP contribution < -0.4 is 10.5 Å². The van der Waals surface area contributed by atoms with E-state index in [1.165, 1.54) is 0 Å². The molecule has 2 heterocycles. The molecule has 0 bridgehead atoms. The summed E-state index contributed by atoms with van der Waals surface area (Å²) in [5.41, 5.74) is 5.23. The van der Waals surface area contributed by atoms with Crippen LogP contribution >= 0.6 is 11.6 Å². The molecule has 1 aliphatic rings. The summed E-state index contributed by atoms with van der Waals surface area (Å²) in [7, 11) is 0. The lowest BCUT2D eigenvalue weighted by Gasteiger charge is -2.36. The number of amides is 1. The van der Waals surface area contributed by atoms with E-state index in [1.54, 1.807) is 11.5 Å². The molecule has 0 unspecified atom stereocenters. The Hall–Kier alpha value is -2.86. The number of carbonyl (C=O) groups is 1. The summed E-state index contributed by atoms with van der Waals surface area (Å²) in [6.45, 7) is 8.99. The third-order valence-corrected chi connectivity index (χ3v) is 6.31. The van der Waals surface area contributed by atoms with Crippen molar-refractivity contribution in [2.75, 3.05) is 31.1 Å². The molecule has 0 saturated carbocycles. The molecule has 1 saturated heterocycles. The summed E-state index contributed by atoms with van der Waals surface area (Å²) in [6.07, 6.45) is 0.294. The Bertz CT molecular complexity index is 1200. The highest BCUT2D eigenvalue weighted by Gasteiger charge is 2.22. The number of hydrogen-bond acceptors (Lipinski definition) is 4. The van der Waals surface area contributed by atoms with E-state index in [2.05, 4.69) is 9.88 Å². The molecule has 1 aliphatic heterocycles. The fourth-order valence-corrected chi connectivity index (χ4v) is 4.28. The first-order valence-corrected chi connectivity index (χ1v) is 11.0. The molecule has 0 N–H and O–H groups in total. The standard InChI is InChI=1S/C24H27ClN4O2/c1-16-13-21-22(14-17(16)2)29(24(31)18(3)26-21)8-7-23(30)28-11-9-27(10-12-28)20-6-4-5-19(25)15-20/h4-6,13-15H,7-12H2,1-3H3. The molecule has 1 amide bonds. The van der Waals surface area contributed by atoms with Crippen LogP contribution in [0, 0.1) is 20.8 Å². The van der Waals surface area contributed by atoms with Crippen LogP contribution in [0.3, 0.4) is 0 Å². The van der Waals surface area contributed by atoms with E-state index in [0.29, 0.717) is 36.8 Å². The van der Waals surface area contributed by atoms with Gasteiger partial charge >= 0.3 is 0 Å². The van der Waals surface area contributed by atoms with Gasteiger partial charge in [-0.3, -0.25) is 9.59 Å². The maximum atomic E-state index is 12.9. The number of piperazine rings is 1. The van der Waals surface area contributed by atoms with Gasteiger partial charge in [0.25, 0.3) is 5.56 Å². The van der Waals surface area contributed by atoms with Crippen LogP contribution in [0.2, 0.25) is 5.02 Å². The van der Waals surface area contributed by atoms with Gasteiger partial charge in [-0.05, 0) is 62.2 Å². The van der Waals surface area contributed by atoms with Gasteiger partial charge < -0.3 is 14.4 Å². The minimum atomic E-state index is -0.130. The summed E-state index contributed by atoms with van der Waals surface area (Å²) in [5, 5.41) is 0.715.